The average molecular weight is 346 g/mol. The van der Waals surface area contributed by atoms with E-state index in [0.717, 1.165) is 6.42 Å². The summed E-state index contributed by atoms with van der Waals surface area (Å²) in [6, 6.07) is 5.04. The molecule has 0 N–H and O–H groups in total. The monoisotopic (exact) mass is 345 g/mol. The van der Waals surface area contributed by atoms with E-state index in [1.54, 1.807) is 0 Å². The molecule has 1 fully saturated rings. The average Bonchev–Trinajstić information content (AvgIpc) is 2.47. The molecule has 1 aliphatic rings. The van der Waals surface area contributed by atoms with Crippen LogP contribution in [0.5, 0.6) is 0 Å². The summed E-state index contributed by atoms with van der Waals surface area (Å²) in [6.45, 7) is 1.71. The number of carbonyl (C=O) groups is 1. The van der Waals surface area contributed by atoms with Crippen LogP contribution in [0, 0.1) is 0 Å². The van der Waals surface area contributed by atoms with Gasteiger partial charge in [-0.1, -0.05) is 11.6 Å². The summed E-state index contributed by atoms with van der Waals surface area (Å²) < 4.78 is 32.4. The van der Waals surface area contributed by atoms with Gasteiger partial charge in [-0.2, -0.15) is 4.31 Å². The Kier molecular flexibility index (Phi) is 5.60. The van der Waals surface area contributed by atoms with E-state index >= 15 is 0 Å². The molecule has 1 heterocycles. The number of ketones is 1. The maximum atomic E-state index is 13.0. The van der Waals surface area contributed by atoms with Gasteiger partial charge in [0.25, 0.3) is 0 Å². The molecule has 2 atom stereocenters. The fourth-order valence-corrected chi connectivity index (χ4v) is 4.88. The third kappa shape index (κ3) is 3.51. The lowest BCUT2D eigenvalue weighted by Crippen LogP contribution is -2.54. The molecule has 2 rings (SSSR count). The Morgan fingerprint density at radius 1 is 1.32 bits per heavy atom. The maximum absolute atomic E-state index is 13.0. The van der Waals surface area contributed by atoms with E-state index in [0.29, 0.717) is 17.9 Å². The van der Waals surface area contributed by atoms with E-state index in [2.05, 4.69) is 0 Å². The zero-order valence-corrected chi connectivity index (χ0v) is 14.2. The third-order valence-electron chi connectivity index (χ3n) is 3.90. The van der Waals surface area contributed by atoms with E-state index in [1.807, 2.05) is 0 Å². The summed E-state index contributed by atoms with van der Waals surface area (Å²) >= 11 is 5.82. The van der Waals surface area contributed by atoms with Gasteiger partial charge in [-0.3, -0.25) is 4.79 Å². The minimum absolute atomic E-state index is 0.140. The number of ether oxygens (including phenoxy) is 1. The van der Waals surface area contributed by atoms with Gasteiger partial charge < -0.3 is 4.74 Å². The Bertz CT molecular complexity index is 627. The van der Waals surface area contributed by atoms with Crippen LogP contribution in [0.1, 0.15) is 26.2 Å². The topological polar surface area (TPSA) is 63.7 Å². The van der Waals surface area contributed by atoms with E-state index in [9.17, 15) is 13.2 Å². The molecule has 0 radical (unpaired) electrons. The minimum atomic E-state index is -3.77. The van der Waals surface area contributed by atoms with Gasteiger partial charge in [-0.15, -0.1) is 0 Å². The van der Waals surface area contributed by atoms with Gasteiger partial charge in [0.05, 0.1) is 17.5 Å². The number of halogens is 1. The van der Waals surface area contributed by atoms with Gasteiger partial charge in [0.2, 0.25) is 10.0 Å². The fourth-order valence-electron chi connectivity index (χ4n) is 2.88. The number of rotatable bonds is 5. The van der Waals surface area contributed by atoms with Crippen molar-refractivity contribution in [3.8, 4) is 0 Å². The molecule has 0 spiro atoms. The molecule has 7 heteroatoms. The Balaban J connectivity index is 2.45. The Morgan fingerprint density at radius 3 is 2.50 bits per heavy atom. The van der Waals surface area contributed by atoms with Crippen LogP contribution < -0.4 is 0 Å². The normalized spacial score (nSPS) is 23.4. The van der Waals surface area contributed by atoms with E-state index in [4.69, 9.17) is 16.3 Å². The number of hydrogen-bond donors (Lipinski definition) is 0. The molecular formula is C15H20ClNO4S. The molecule has 5 nitrogen and oxygen atoms in total. The third-order valence-corrected chi connectivity index (χ3v) is 6.13. The molecule has 1 aliphatic heterocycles. The van der Waals surface area contributed by atoms with Crippen LogP contribution in [-0.2, 0) is 19.6 Å². The fraction of sp³-hybridized carbons (Fsp3) is 0.533. The van der Waals surface area contributed by atoms with Crippen LogP contribution in [-0.4, -0.2) is 44.3 Å². The molecule has 1 aromatic rings. The highest BCUT2D eigenvalue weighted by molar-refractivity contribution is 7.89. The van der Waals surface area contributed by atoms with Gasteiger partial charge in [0, 0.05) is 18.2 Å². The van der Waals surface area contributed by atoms with Gasteiger partial charge in [0.15, 0.2) is 0 Å². The summed E-state index contributed by atoms with van der Waals surface area (Å²) in [5, 5.41) is 0.467. The molecule has 0 aliphatic carbocycles. The lowest BCUT2D eigenvalue weighted by atomic mass is 9.97. The zero-order valence-electron chi connectivity index (χ0n) is 12.7. The van der Waals surface area contributed by atoms with Crippen LogP contribution >= 0.6 is 11.6 Å². The van der Waals surface area contributed by atoms with Crippen LogP contribution in [0.15, 0.2) is 29.2 Å². The maximum Gasteiger partial charge on any atom is 0.244 e. The molecule has 1 saturated heterocycles. The van der Waals surface area contributed by atoms with Crippen molar-refractivity contribution in [3.63, 3.8) is 0 Å². The highest BCUT2D eigenvalue weighted by Gasteiger charge is 2.41. The van der Waals surface area contributed by atoms with Gasteiger partial charge >= 0.3 is 0 Å². The molecular weight excluding hydrogens is 326 g/mol. The van der Waals surface area contributed by atoms with Crippen molar-refractivity contribution in [2.24, 2.45) is 0 Å². The summed E-state index contributed by atoms with van der Waals surface area (Å²) in [5.74, 6) is -0.140. The smallest absolute Gasteiger partial charge is 0.244 e. The highest BCUT2D eigenvalue weighted by atomic mass is 35.5. The van der Waals surface area contributed by atoms with Crippen molar-refractivity contribution in [3.05, 3.63) is 29.3 Å². The van der Waals surface area contributed by atoms with Gasteiger partial charge in [-0.25, -0.2) is 8.42 Å². The summed E-state index contributed by atoms with van der Waals surface area (Å²) in [7, 11) is -2.24. The lowest BCUT2D eigenvalue weighted by molar-refractivity contribution is -0.122. The van der Waals surface area contributed by atoms with Crippen molar-refractivity contribution < 1.29 is 17.9 Å². The van der Waals surface area contributed by atoms with Crippen LogP contribution in [0.2, 0.25) is 5.02 Å². The van der Waals surface area contributed by atoms with Gasteiger partial charge in [-0.05, 0) is 50.5 Å². The molecule has 0 bridgehead atoms. The predicted molar refractivity (Wildman–Crippen MR) is 84.5 cm³/mol. The van der Waals surface area contributed by atoms with Crippen molar-refractivity contribution in [1.82, 2.24) is 4.31 Å². The van der Waals surface area contributed by atoms with Gasteiger partial charge in [0.1, 0.15) is 5.78 Å². The van der Waals surface area contributed by atoms with E-state index < -0.39 is 16.1 Å². The summed E-state index contributed by atoms with van der Waals surface area (Å²) in [6.07, 6.45) is 2.04. The Hall–Kier alpha value is -0.950. The summed E-state index contributed by atoms with van der Waals surface area (Å²) in [4.78, 5) is 12.1. The molecule has 0 saturated carbocycles. The van der Waals surface area contributed by atoms with Crippen LogP contribution in [0.25, 0.3) is 0 Å². The van der Waals surface area contributed by atoms with E-state index in [-0.39, 0.29) is 23.3 Å². The molecule has 122 valence electrons. The van der Waals surface area contributed by atoms with Crippen molar-refractivity contribution >= 4 is 27.4 Å². The number of carbonyl (C=O) groups excluding carboxylic acids is 1. The minimum Gasteiger partial charge on any atom is -0.383 e. The first-order valence-corrected chi connectivity index (χ1v) is 8.98. The Morgan fingerprint density at radius 2 is 1.95 bits per heavy atom. The van der Waals surface area contributed by atoms with Crippen LogP contribution in [0.4, 0.5) is 0 Å². The molecule has 22 heavy (non-hydrogen) atoms. The number of nitrogens with zero attached hydrogens (tertiary/aromatic N) is 1. The molecule has 0 aromatic heterocycles. The zero-order chi connectivity index (χ0) is 16.3. The second kappa shape index (κ2) is 7.08. The summed E-state index contributed by atoms with van der Waals surface area (Å²) in [5.41, 5.74) is 0. The number of sulfonamides is 1. The number of benzene rings is 1. The second-order valence-corrected chi connectivity index (χ2v) is 7.74. The Labute approximate surface area is 136 Å². The van der Waals surface area contributed by atoms with E-state index in [1.165, 1.54) is 42.6 Å². The first kappa shape index (κ1) is 17.4. The first-order valence-electron chi connectivity index (χ1n) is 7.16. The van der Waals surface area contributed by atoms with Crippen molar-refractivity contribution in [1.29, 1.82) is 0 Å². The number of Topliss-reactive ketones (excluding diaryl/α,β-unsaturated/α-hetero) is 1. The van der Waals surface area contributed by atoms with Crippen molar-refractivity contribution in [2.75, 3.05) is 13.7 Å². The largest absolute Gasteiger partial charge is 0.383 e. The lowest BCUT2D eigenvalue weighted by Gasteiger charge is -2.39. The second-order valence-electron chi connectivity index (χ2n) is 5.46. The SMILES string of the molecule is COCC1CCCC(C(C)=O)N1S(=O)(=O)c1ccc(Cl)cc1. The van der Waals surface area contributed by atoms with Crippen LogP contribution in [0.3, 0.4) is 0 Å². The number of hydrogen-bond acceptors (Lipinski definition) is 4. The first-order chi connectivity index (χ1) is 10.4. The molecule has 0 amide bonds. The number of methoxy groups -OCH3 is 1. The molecule has 2 unspecified atom stereocenters. The number of piperidine rings is 1. The van der Waals surface area contributed by atoms with Crippen molar-refractivity contribution in [2.45, 2.75) is 43.2 Å². The standard InChI is InChI=1S/C15H20ClNO4S/c1-11(18)15-5-3-4-13(10-21-2)17(15)22(19,20)14-8-6-12(16)7-9-14/h6-9,13,15H,3-5,10H2,1-2H3. The quantitative estimate of drug-likeness (QED) is 0.822. The highest BCUT2D eigenvalue weighted by Crippen LogP contribution is 2.31. The predicted octanol–water partition coefficient (Wildman–Crippen LogP) is 2.49. The molecule has 1 aromatic carbocycles.